The molecule has 2 aromatic rings. The van der Waals surface area contributed by atoms with Gasteiger partial charge in [0.15, 0.2) is 5.11 Å². The van der Waals surface area contributed by atoms with E-state index in [-0.39, 0.29) is 11.0 Å². The molecule has 0 aliphatic heterocycles. The molecule has 0 saturated carbocycles. The number of carbonyl (C=O) groups excluding carboxylic acids is 2. The van der Waals surface area contributed by atoms with Crippen molar-refractivity contribution < 1.29 is 14.3 Å². The van der Waals surface area contributed by atoms with Gasteiger partial charge in [0.1, 0.15) is 5.75 Å². The minimum Gasteiger partial charge on any atom is -0.492 e. The highest BCUT2D eigenvalue weighted by Gasteiger charge is 2.12. The lowest BCUT2D eigenvalue weighted by Crippen LogP contribution is -2.48. The number of carbonyl (C=O) groups is 2. The standard InChI is InChI=1S/C21H24BrN3O3S/c1-13(2)9-10-28-18-8-7-16(12-17(18)22)19(26)23-21(29)25-24-20(27)15-6-4-5-14(3)11-15/h4-8,11-13H,9-10H2,1-3H3,(H,24,27)(H2,23,25,26,29). The number of ether oxygens (including phenoxy) is 1. The van der Waals surface area contributed by atoms with E-state index in [0.29, 0.717) is 33.9 Å². The third kappa shape index (κ3) is 7.47. The van der Waals surface area contributed by atoms with Gasteiger partial charge in [-0.05, 0) is 77.7 Å². The number of aryl methyl sites for hydroxylation is 1. The van der Waals surface area contributed by atoms with Crippen LogP contribution in [-0.2, 0) is 0 Å². The van der Waals surface area contributed by atoms with Gasteiger partial charge < -0.3 is 4.74 Å². The van der Waals surface area contributed by atoms with Crippen molar-refractivity contribution in [1.82, 2.24) is 16.2 Å². The summed E-state index contributed by atoms with van der Waals surface area (Å²) in [6.45, 7) is 6.77. The molecule has 29 heavy (non-hydrogen) atoms. The Balaban J connectivity index is 1.86. The molecule has 3 N–H and O–H groups in total. The second-order valence-electron chi connectivity index (χ2n) is 6.91. The van der Waals surface area contributed by atoms with Gasteiger partial charge in [-0.1, -0.05) is 31.5 Å². The second kappa shape index (κ2) is 10.9. The predicted molar refractivity (Wildman–Crippen MR) is 121 cm³/mol. The van der Waals surface area contributed by atoms with Gasteiger partial charge in [0.25, 0.3) is 11.8 Å². The average molecular weight is 478 g/mol. The summed E-state index contributed by atoms with van der Waals surface area (Å²) in [4.78, 5) is 24.5. The number of halogens is 1. The third-order valence-corrected chi connectivity index (χ3v) is 4.77. The van der Waals surface area contributed by atoms with Crippen LogP contribution in [0, 0.1) is 12.8 Å². The number of rotatable bonds is 6. The van der Waals surface area contributed by atoms with Crippen LogP contribution in [0.4, 0.5) is 0 Å². The Morgan fingerprint density at radius 3 is 2.45 bits per heavy atom. The topological polar surface area (TPSA) is 79.5 Å². The summed E-state index contributed by atoms with van der Waals surface area (Å²) in [5.74, 6) is 0.477. The summed E-state index contributed by atoms with van der Waals surface area (Å²) in [6.07, 6.45) is 0.947. The monoisotopic (exact) mass is 477 g/mol. The SMILES string of the molecule is Cc1cccc(C(=O)NNC(=S)NC(=O)c2ccc(OCCC(C)C)c(Br)c2)c1. The summed E-state index contributed by atoms with van der Waals surface area (Å²) in [5, 5.41) is 2.51. The smallest absolute Gasteiger partial charge is 0.269 e. The Morgan fingerprint density at radius 1 is 1.07 bits per heavy atom. The van der Waals surface area contributed by atoms with E-state index in [1.165, 1.54) is 0 Å². The lowest BCUT2D eigenvalue weighted by Gasteiger charge is -2.13. The van der Waals surface area contributed by atoms with E-state index in [1.54, 1.807) is 36.4 Å². The van der Waals surface area contributed by atoms with Gasteiger partial charge in [0.05, 0.1) is 11.1 Å². The lowest BCUT2D eigenvalue weighted by atomic mass is 10.1. The molecule has 0 aliphatic carbocycles. The largest absolute Gasteiger partial charge is 0.492 e. The van der Waals surface area contributed by atoms with Gasteiger partial charge in [0, 0.05) is 11.1 Å². The molecule has 0 radical (unpaired) electrons. The van der Waals surface area contributed by atoms with Crippen LogP contribution in [0.1, 0.15) is 46.5 Å². The van der Waals surface area contributed by atoms with Crippen molar-refractivity contribution in [2.45, 2.75) is 27.2 Å². The quantitative estimate of drug-likeness (QED) is 0.430. The van der Waals surface area contributed by atoms with Crippen molar-refractivity contribution in [3.05, 3.63) is 63.6 Å². The summed E-state index contributed by atoms with van der Waals surface area (Å²) in [6, 6.07) is 12.2. The maximum Gasteiger partial charge on any atom is 0.269 e. The molecular weight excluding hydrogens is 454 g/mol. The van der Waals surface area contributed by atoms with Crippen LogP contribution < -0.4 is 20.9 Å². The molecule has 0 aliphatic rings. The van der Waals surface area contributed by atoms with Gasteiger partial charge in [-0.25, -0.2) is 0 Å². The van der Waals surface area contributed by atoms with Crippen LogP contribution in [0.25, 0.3) is 0 Å². The van der Waals surface area contributed by atoms with Crippen molar-refractivity contribution in [1.29, 1.82) is 0 Å². The fourth-order valence-electron chi connectivity index (χ4n) is 2.34. The van der Waals surface area contributed by atoms with E-state index >= 15 is 0 Å². The number of hydrogen-bond donors (Lipinski definition) is 3. The highest BCUT2D eigenvalue weighted by molar-refractivity contribution is 9.10. The molecule has 2 amide bonds. The third-order valence-electron chi connectivity index (χ3n) is 3.94. The second-order valence-corrected chi connectivity index (χ2v) is 8.17. The Bertz CT molecular complexity index is 902. The van der Waals surface area contributed by atoms with E-state index in [0.717, 1.165) is 12.0 Å². The predicted octanol–water partition coefficient (Wildman–Crippen LogP) is 4.13. The molecule has 0 heterocycles. The van der Waals surface area contributed by atoms with Crippen LogP contribution in [0.5, 0.6) is 5.75 Å². The Kier molecular flexibility index (Phi) is 8.60. The number of thiocarbonyl (C=S) groups is 1. The van der Waals surface area contributed by atoms with Crippen LogP contribution in [0.3, 0.4) is 0 Å². The molecule has 0 bridgehead atoms. The van der Waals surface area contributed by atoms with Crippen molar-refractivity contribution in [2.75, 3.05) is 6.61 Å². The van der Waals surface area contributed by atoms with E-state index in [9.17, 15) is 9.59 Å². The molecule has 2 aromatic carbocycles. The van der Waals surface area contributed by atoms with Gasteiger partial charge in [-0.2, -0.15) is 0 Å². The maximum absolute atomic E-state index is 12.4. The Hall–Kier alpha value is -2.45. The van der Waals surface area contributed by atoms with E-state index in [2.05, 4.69) is 45.9 Å². The fraction of sp³-hybridized carbons (Fsp3) is 0.286. The fourth-order valence-corrected chi connectivity index (χ4v) is 2.98. The molecule has 6 nitrogen and oxygen atoms in total. The van der Waals surface area contributed by atoms with Crippen LogP contribution in [-0.4, -0.2) is 23.5 Å². The van der Waals surface area contributed by atoms with Crippen LogP contribution in [0.2, 0.25) is 0 Å². The summed E-state index contributed by atoms with van der Waals surface area (Å²) in [7, 11) is 0. The molecule has 0 atom stereocenters. The molecule has 0 unspecified atom stereocenters. The Labute approximate surface area is 184 Å². The molecule has 0 spiro atoms. The minimum absolute atomic E-state index is 0.00983. The van der Waals surface area contributed by atoms with E-state index in [4.69, 9.17) is 17.0 Å². The number of hydrogen-bond acceptors (Lipinski definition) is 4. The summed E-state index contributed by atoms with van der Waals surface area (Å²) in [5.41, 5.74) is 6.85. The van der Waals surface area contributed by atoms with Gasteiger partial charge in [-0.3, -0.25) is 25.8 Å². The first kappa shape index (κ1) is 22.8. The maximum atomic E-state index is 12.4. The van der Waals surface area contributed by atoms with Crippen molar-refractivity contribution in [3.63, 3.8) is 0 Å². The molecule has 0 fully saturated rings. The molecule has 154 valence electrons. The highest BCUT2D eigenvalue weighted by atomic mass is 79.9. The van der Waals surface area contributed by atoms with Crippen LogP contribution >= 0.6 is 28.1 Å². The van der Waals surface area contributed by atoms with Gasteiger partial charge in [-0.15, -0.1) is 0 Å². The first-order valence-electron chi connectivity index (χ1n) is 9.17. The van der Waals surface area contributed by atoms with Crippen molar-refractivity contribution in [3.8, 4) is 5.75 Å². The normalized spacial score (nSPS) is 10.4. The average Bonchev–Trinajstić information content (AvgIpc) is 2.67. The molecule has 8 heteroatoms. The number of hydrazine groups is 1. The minimum atomic E-state index is -0.401. The molecule has 0 aromatic heterocycles. The molecular formula is C21H24BrN3O3S. The van der Waals surface area contributed by atoms with Crippen molar-refractivity contribution in [2.24, 2.45) is 5.92 Å². The van der Waals surface area contributed by atoms with Gasteiger partial charge >= 0.3 is 0 Å². The van der Waals surface area contributed by atoms with E-state index in [1.807, 2.05) is 13.0 Å². The zero-order valence-corrected chi connectivity index (χ0v) is 18.9. The lowest BCUT2D eigenvalue weighted by molar-refractivity contribution is 0.0934. The first-order valence-corrected chi connectivity index (χ1v) is 10.4. The van der Waals surface area contributed by atoms with E-state index < -0.39 is 5.91 Å². The zero-order chi connectivity index (χ0) is 21.4. The highest BCUT2D eigenvalue weighted by Crippen LogP contribution is 2.26. The Morgan fingerprint density at radius 2 is 1.79 bits per heavy atom. The number of benzene rings is 2. The summed E-state index contributed by atoms with van der Waals surface area (Å²) >= 11 is 8.49. The van der Waals surface area contributed by atoms with Crippen molar-refractivity contribution >= 4 is 45.1 Å². The zero-order valence-electron chi connectivity index (χ0n) is 16.5. The molecule has 2 rings (SSSR count). The van der Waals surface area contributed by atoms with Gasteiger partial charge in [0.2, 0.25) is 0 Å². The molecule has 0 saturated heterocycles. The van der Waals surface area contributed by atoms with Crippen LogP contribution in [0.15, 0.2) is 46.9 Å². The number of amides is 2. The first-order chi connectivity index (χ1) is 13.8. The number of nitrogens with one attached hydrogen (secondary N) is 3. The summed E-state index contributed by atoms with van der Waals surface area (Å²) < 4.78 is 6.40.